The molecule has 7 nitrogen and oxygen atoms in total. The highest BCUT2D eigenvalue weighted by molar-refractivity contribution is 6.06. The fraction of sp³-hybridized carbons (Fsp3) is 0.167. The van der Waals surface area contributed by atoms with Gasteiger partial charge in [0.2, 0.25) is 0 Å². The van der Waals surface area contributed by atoms with Gasteiger partial charge in [-0.05, 0) is 74.0 Å². The Bertz CT molecular complexity index is 1480. The smallest absolute Gasteiger partial charge is 0.276 e. The third-order valence-corrected chi connectivity index (χ3v) is 6.25. The average Bonchev–Trinajstić information content (AvgIpc) is 3.33. The molecular weight excluding hydrogens is 462 g/mol. The number of fused-ring (bicyclic) bond motifs is 1. The number of pyridine rings is 1. The fourth-order valence-corrected chi connectivity index (χ4v) is 4.11. The van der Waals surface area contributed by atoms with Crippen molar-refractivity contribution >= 4 is 16.8 Å². The van der Waals surface area contributed by atoms with Crippen LogP contribution >= 0.6 is 0 Å². The van der Waals surface area contributed by atoms with Crippen molar-refractivity contribution in [2.75, 3.05) is 19.6 Å². The van der Waals surface area contributed by atoms with Crippen LogP contribution in [0, 0.1) is 0 Å². The number of allylic oxidation sites excluding steroid dienone is 2. The Balaban J connectivity index is 1.32. The summed E-state index contributed by atoms with van der Waals surface area (Å²) in [7, 11) is 0. The lowest BCUT2D eigenvalue weighted by Gasteiger charge is -2.30. The Kier molecular flexibility index (Phi) is 7.23. The molecule has 0 radical (unpaired) electrons. The first-order valence-corrected chi connectivity index (χ1v) is 12.3. The van der Waals surface area contributed by atoms with Crippen LogP contribution in [0.15, 0.2) is 103 Å². The minimum atomic E-state index is -0.284. The molecule has 3 heterocycles. The summed E-state index contributed by atoms with van der Waals surface area (Å²) in [5, 5.41) is 10.9. The van der Waals surface area contributed by atoms with Crippen LogP contribution in [-0.2, 0) is 0 Å². The van der Waals surface area contributed by atoms with E-state index in [9.17, 15) is 4.79 Å². The van der Waals surface area contributed by atoms with E-state index in [1.807, 2.05) is 79.7 Å². The summed E-state index contributed by atoms with van der Waals surface area (Å²) in [5.74, 6) is 1.09. The van der Waals surface area contributed by atoms with Crippen LogP contribution in [0.2, 0.25) is 0 Å². The second kappa shape index (κ2) is 11.1. The summed E-state index contributed by atoms with van der Waals surface area (Å²) in [6.45, 7) is 9.09. The van der Waals surface area contributed by atoms with Crippen LogP contribution in [-0.4, -0.2) is 45.6 Å². The standard InChI is InChI=1S/C30H29N5O2/c1-3-24(12-10-21(2)20-35-14-7-15-35)32-30(36)29-27-17-22(11-13-28(27)33-34-29)23-16-26(19-31-18-23)37-25-8-5-4-6-9-25/h3-6,8-13,16-19H,2,7,14-15,20H2,1H3,(H,32,36)(H,33,34)/b12-10-,24-3+. The third-order valence-electron chi connectivity index (χ3n) is 6.25. The second-order valence-corrected chi connectivity index (χ2v) is 8.98. The molecule has 0 saturated carbocycles. The van der Waals surface area contributed by atoms with Crippen LogP contribution in [0.3, 0.4) is 0 Å². The molecule has 1 fully saturated rings. The Morgan fingerprint density at radius 3 is 2.68 bits per heavy atom. The summed E-state index contributed by atoms with van der Waals surface area (Å²) in [6, 6.07) is 17.3. The van der Waals surface area contributed by atoms with Crippen molar-refractivity contribution in [3.8, 4) is 22.6 Å². The Labute approximate surface area is 216 Å². The van der Waals surface area contributed by atoms with E-state index in [4.69, 9.17) is 4.74 Å². The number of benzene rings is 2. The van der Waals surface area contributed by atoms with Gasteiger partial charge in [-0.3, -0.25) is 19.8 Å². The van der Waals surface area contributed by atoms with Gasteiger partial charge < -0.3 is 10.1 Å². The van der Waals surface area contributed by atoms with E-state index >= 15 is 0 Å². The minimum absolute atomic E-state index is 0.284. The summed E-state index contributed by atoms with van der Waals surface area (Å²) < 4.78 is 5.93. The van der Waals surface area contributed by atoms with Crippen LogP contribution in [0.1, 0.15) is 23.8 Å². The molecule has 186 valence electrons. The van der Waals surface area contributed by atoms with Crippen molar-refractivity contribution in [2.45, 2.75) is 13.3 Å². The van der Waals surface area contributed by atoms with E-state index in [2.05, 4.69) is 32.0 Å². The van der Waals surface area contributed by atoms with E-state index in [1.165, 1.54) is 6.42 Å². The van der Waals surface area contributed by atoms with Gasteiger partial charge >= 0.3 is 0 Å². The topological polar surface area (TPSA) is 83.1 Å². The van der Waals surface area contributed by atoms with Crippen LogP contribution in [0.5, 0.6) is 11.5 Å². The monoisotopic (exact) mass is 491 g/mol. The summed E-state index contributed by atoms with van der Waals surface area (Å²) in [6.07, 6.45) is 10.4. The van der Waals surface area contributed by atoms with Gasteiger partial charge in [-0.25, -0.2) is 0 Å². The molecule has 0 aliphatic carbocycles. The molecule has 2 aromatic heterocycles. The van der Waals surface area contributed by atoms with Gasteiger partial charge in [-0.1, -0.05) is 43.0 Å². The Morgan fingerprint density at radius 2 is 1.92 bits per heavy atom. The first-order chi connectivity index (χ1) is 18.1. The number of aromatic amines is 1. The molecule has 0 unspecified atom stereocenters. The van der Waals surface area contributed by atoms with Gasteiger partial charge in [-0.2, -0.15) is 5.10 Å². The number of likely N-dealkylation sites (tertiary alicyclic amines) is 1. The first kappa shape index (κ1) is 24.2. The molecular formula is C30H29N5O2. The van der Waals surface area contributed by atoms with E-state index < -0.39 is 0 Å². The number of carbonyl (C=O) groups is 1. The van der Waals surface area contributed by atoms with Crippen molar-refractivity contribution in [3.63, 3.8) is 0 Å². The maximum absolute atomic E-state index is 13.1. The van der Waals surface area contributed by atoms with E-state index in [0.29, 0.717) is 17.1 Å². The molecule has 4 aromatic rings. The zero-order chi connectivity index (χ0) is 25.6. The molecule has 0 spiro atoms. The quantitative estimate of drug-likeness (QED) is 0.286. The van der Waals surface area contributed by atoms with Gasteiger partial charge in [0, 0.05) is 29.4 Å². The maximum atomic E-state index is 13.1. The Hall–Kier alpha value is -4.49. The molecule has 1 amide bonds. The van der Waals surface area contributed by atoms with Gasteiger partial charge in [0.05, 0.1) is 11.7 Å². The number of hydrogen-bond donors (Lipinski definition) is 2. The van der Waals surface area contributed by atoms with Crippen molar-refractivity contribution in [2.24, 2.45) is 0 Å². The number of rotatable bonds is 9. The van der Waals surface area contributed by atoms with Crippen LogP contribution in [0.25, 0.3) is 22.0 Å². The third kappa shape index (κ3) is 5.85. The SMILES string of the molecule is C=C(/C=C\C(=C/C)NC(=O)c1n[nH]c2ccc(-c3cncc(Oc4ccccc4)c3)cc12)CN1CCC1. The molecule has 1 saturated heterocycles. The van der Waals surface area contributed by atoms with Gasteiger partial charge in [-0.15, -0.1) is 0 Å². The number of para-hydroxylation sites is 1. The van der Waals surface area contributed by atoms with Crippen molar-refractivity contribution in [1.29, 1.82) is 0 Å². The number of aromatic nitrogens is 3. The molecule has 37 heavy (non-hydrogen) atoms. The van der Waals surface area contributed by atoms with Gasteiger partial charge in [0.25, 0.3) is 5.91 Å². The number of H-pyrrole nitrogens is 1. The number of ether oxygens (including phenoxy) is 1. The fourth-order valence-electron chi connectivity index (χ4n) is 4.11. The van der Waals surface area contributed by atoms with E-state index in [-0.39, 0.29) is 5.91 Å². The zero-order valence-electron chi connectivity index (χ0n) is 20.8. The van der Waals surface area contributed by atoms with E-state index in [1.54, 1.807) is 12.4 Å². The lowest BCUT2D eigenvalue weighted by atomic mass is 10.0. The average molecular weight is 492 g/mol. The largest absolute Gasteiger partial charge is 0.456 e. The summed E-state index contributed by atoms with van der Waals surface area (Å²) in [5.41, 5.74) is 4.59. The molecule has 7 heteroatoms. The Morgan fingerprint density at radius 1 is 1.08 bits per heavy atom. The molecule has 1 aliphatic heterocycles. The molecule has 5 rings (SSSR count). The highest BCUT2D eigenvalue weighted by Crippen LogP contribution is 2.29. The summed E-state index contributed by atoms with van der Waals surface area (Å²) >= 11 is 0. The highest BCUT2D eigenvalue weighted by atomic mass is 16.5. The van der Waals surface area contributed by atoms with Gasteiger partial charge in [0.1, 0.15) is 11.5 Å². The van der Waals surface area contributed by atoms with Crippen LogP contribution in [0.4, 0.5) is 0 Å². The number of hydrogen-bond acceptors (Lipinski definition) is 5. The molecule has 2 N–H and O–H groups in total. The summed E-state index contributed by atoms with van der Waals surface area (Å²) in [4.78, 5) is 19.8. The predicted octanol–water partition coefficient (Wildman–Crippen LogP) is 5.87. The molecule has 2 aromatic carbocycles. The van der Waals surface area contributed by atoms with Crippen molar-refractivity contribution in [3.05, 3.63) is 109 Å². The van der Waals surface area contributed by atoms with E-state index in [0.717, 1.165) is 53.0 Å². The predicted molar refractivity (Wildman–Crippen MR) is 146 cm³/mol. The number of nitrogens with one attached hydrogen (secondary N) is 2. The normalized spacial score (nSPS) is 14.0. The number of nitrogens with zero attached hydrogens (tertiary/aromatic N) is 3. The second-order valence-electron chi connectivity index (χ2n) is 8.98. The zero-order valence-corrected chi connectivity index (χ0v) is 20.8. The number of amides is 1. The molecule has 0 atom stereocenters. The van der Waals surface area contributed by atoms with Crippen molar-refractivity contribution < 1.29 is 9.53 Å². The van der Waals surface area contributed by atoms with Crippen LogP contribution < -0.4 is 10.1 Å². The first-order valence-electron chi connectivity index (χ1n) is 12.3. The lowest BCUT2D eigenvalue weighted by molar-refractivity contribution is 0.0963. The number of carbonyl (C=O) groups excluding carboxylic acids is 1. The molecule has 1 aliphatic rings. The van der Waals surface area contributed by atoms with Crippen molar-refractivity contribution in [1.82, 2.24) is 25.4 Å². The highest BCUT2D eigenvalue weighted by Gasteiger charge is 2.16. The maximum Gasteiger partial charge on any atom is 0.276 e. The molecule has 0 bridgehead atoms. The lowest BCUT2D eigenvalue weighted by Crippen LogP contribution is -2.38. The van der Waals surface area contributed by atoms with Gasteiger partial charge in [0.15, 0.2) is 5.69 Å². The minimum Gasteiger partial charge on any atom is -0.456 e.